The lowest BCUT2D eigenvalue weighted by atomic mass is 10.0. The highest BCUT2D eigenvalue weighted by molar-refractivity contribution is 5.90. The van der Waals surface area contributed by atoms with Gasteiger partial charge in [0.05, 0.1) is 5.52 Å². The maximum Gasteiger partial charge on any atom is 0.110 e. The topological polar surface area (TPSA) is 25.2 Å². The summed E-state index contributed by atoms with van der Waals surface area (Å²) in [7, 11) is 0. The molecule has 0 fully saturated rings. The molecular formula is C12H10N2. The predicted molar refractivity (Wildman–Crippen MR) is 57.7 cm³/mol. The van der Waals surface area contributed by atoms with E-state index in [-0.39, 0.29) is 0 Å². The van der Waals surface area contributed by atoms with E-state index in [1.54, 1.807) is 0 Å². The van der Waals surface area contributed by atoms with Crippen molar-refractivity contribution in [3.8, 4) is 0 Å². The highest BCUT2D eigenvalue weighted by Gasteiger charge is 2.18. The smallest absolute Gasteiger partial charge is 0.110 e. The molecule has 2 nitrogen and oxygen atoms in total. The summed E-state index contributed by atoms with van der Waals surface area (Å²) >= 11 is 0. The number of aliphatic imine (C=N–C) groups is 1. The number of hydrogen-bond donors (Lipinski definition) is 0. The highest BCUT2D eigenvalue weighted by atomic mass is 14.9. The van der Waals surface area contributed by atoms with Crippen LogP contribution >= 0.6 is 0 Å². The maximum absolute atomic E-state index is 4.34. The van der Waals surface area contributed by atoms with E-state index in [9.17, 15) is 0 Å². The average Bonchev–Trinajstić information content (AvgIpc) is 3.00. The molecule has 0 bridgehead atoms. The van der Waals surface area contributed by atoms with Gasteiger partial charge in [0, 0.05) is 17.8 Å². The van der Waals surface area contributed by atoms with Gasteiger partial charge in [-0.05, 0) is 30.7 Å². The average molecular weight is 182 g/mol. The number of benzene rings is 1. The van der Waals surface area contributed by atoms with Gasteiger partial charge in [-0.2, -0.15) is 0 Å². The van der Waals surface area contributed by atoms with Crippen molar-refractivity contribution in [2.24, 2.45) is 4.99 Å². The Morgan fingerprint density at radius 2 is 2.07 bits per heavy atom. The molecule has 1 aliphatic heterocycles. The van der Waals surface area contributed by atoms with Crippen LogP contribution in [0.4, 0.5) is 0 Å². The van der Waals surface area contributed by atoms with Crippen LogP contribution in [0.15, 0.2) is 35.5 Å². The van der Waals surface area contributed by atoms with E-state index in [0.29, 0.717) is 6.04 Å². The van der Waals surface area contributed by atoms with E-state index < -0.39 is 0 Å². The fourth-order valence-corrected chi connectivity index (χ4v) is 1.74. The summed E-state index contributed by atoms with van der Waals surface area (Å²) in [6, 6.07) is 8.70. The first-order valence-electron chi connectivity index (χ1n) is 4.73. The van der Waals surface area contributed by atoms with Gasteiger partial charge in [-0.25, -0.2) is 0 Å². The first kappa shape index (κ1) is 7.68. The highest BCUT2D eigenvalue weighted by Crippen LogP contribution is 2.30. The van der Waals surface area contributed by atoms with Gasteiger partial charge >= 0.3 is 0 Å². The second-order valence-corrected chi connectivity index (χ2v) is 3.66. The molecule has 2 heterocycles. The van der Waals surface area contributed by atoms with Crippen molar-refractivity contribution in [3.05, 3.63) is 41.6 Å². The monoisotopic (exact) mass is 182 g/mol. The van der Waals surface area contributed by atoms with Crippen molar-refractivity contribution in [3.63, 3.8) is 0 Å². The van der Waals surface area contributed by atoms with Crippen molar-refractivity contribution in [1.29, 1.82) is 0 Å². The molecule has 1 aromatic heterocycles. The zero-order valence-electron chi connectivity index (χ0n) is 7.94. The molecule has 0 N–H and O–H groups in total. The van der Waals surface area contributed by atoms with Gasteiger partial charge in [0.25, 0.3) is 0 Å². The molecular weight excluding hydrogens is 172 g/mol. The van der Waals surface area contributed by atoms with Crippen molar-refractivity contribution < 1.29 is 0 Å². The van der Waals surface area contributed by atoms with E-state index in [2.05, 4.69) is 41.2 Å². The Morgan fingerprint density at radius 1 is 1.21 bits per heavy atom. The Hall–Kier alpha value is -1.70. The Morgan fingerprint density at radius 3 is 2.86 bits per heavy atom. The number of aromatic nitrogens is 1. The minimum atomic E-state index is 0.308. The van der Waals surface area contributed by atoms with Gasteiger partial charge in [0.2, 0.25) is 0 Å². The molecule has 1 aromatic carbocycles. The van der Waals surface area contributed by atoms with Gasteiger partial charge in [-0.1, -0.05) is 11.6 Å². The zero-order chi connectivity index (χ0) is 9.54. The molecule has 3 rings (SSSR count). The number of nitrogens with zero attached hydrogens (tertiary/aromatic N) is 2. The standard InChI is InChI=1S/C12H10N2/c1-8-2-3-11-10(6-8)9(4-5-13-11)12-7-14-12/h2-7,12H,1H3. The van der Waals surface area contributed by atoms with Crippen LogP contribution in [0.5, 0.6) is 0 Å². The Kier molecular flexibility index (Phi) is 1.45. The van der Waals surface area contributed by atoms with Crippen molar-refractivity contribution in [1.82, 2.24) is 4.98 Å². The van der Waals surface area contributed by atoms with Crippen LogP contribution in [-0.4, -0.2) is 11.2 Å². The van der Waals surface area contributed by atoms with E-state index in [1.165, 1.54) is 16.5 Å². The summed E-state index contributed by atoms with van der Waals surface area (Å²) in [5.74, 6) is 0. The lowest BCUT2D eigenvalue weighted by Crippen LogP contribution is -1.88. The Labute approximate surface area is 82.3 Å². The fraction of sp³-hybridized carbons (Fsp3) is 0.167. The summed E-state index contributed by atoms with van der Waals surface area (Å²) in [5.41, 5.74) is 3.61. The predicted octanol–water partition coefficient (Wildman–Crippen LogP) is 2.67. The molecule has 2 aromatic rings. The number of hydrogen-bond acceptors (Lipinski definition) is 2. The first-order valence-corrected chi connectivity index (χ1v) is 4.73. The van der Waals surface area contributed by atoms with Gasteiger partial charge in [0.1, 0.15) is 6.04 Å². The van der Waals surface area contributed by atoms with Gasteiger partial charge in [0.15, 0.2) is 0 Å². The Bertz CT molecular complexity index is 523. The number of aryl methyl sites for hydroxylation is 1. The van der Waals surface area contributed by atoms with E-state index in [4.69, 9.17) is 0 Å². The van der Waals surface area contributed by atoms with Crippen LogP contribution in [0.2, 0.25) is 0 Å². The van der Waals surface area contributed by atoms with Crippen LogP contribution < -0.4 is 0 Å². The van der Waals surface area contributed by atoms with Crippen molar-refractivity contribution >= 4 is 17.1 Å². The van der Waals surface area contributed by atoms with Crippen LogP contribution in [0, 0.1) is 6.92 Å². The molecule has 0 amide bonds. The molecule has 14 heavy (non-hydrogen) atoms. The molecule has 1 unspecified atom stereocenters. The van der Waals surface area contributed by atoms with Gasteiger partial charge in [-0.15, -0.1) is 0 Å². The maximum atomic E-state index is 4.34. The van der Waals surface area contributed by atoms with Crippen molar-refractivity contribution in [2.75, 3.05) is 0 Å². The fourth-order valence-electron chi connectivity index (χ4n) is 1.74. The molecule has 0 aliphatic carbocycles. The third kappa shape index (κ3) is 1.11. The molecule has 0 saturated carbocycles. The summed E-state index contributed by atoms with van der Waals surface area (Å²) in [4.78, 5) is 8.54. The van der Waals surface area contributed by atoms with E-state index in [0.717, 1.165) is 5.52 Å². The second-order valence-electron chi connectivity index (χ2n) is 3.66. The number of pyridine rings is 1. The van der Waals surface area contributed by atoms with Crippen LogP contribution in [0.3, 0.4) is 0 Å². The summed E-state index contributed by atoms with van der Waals surface area (Å²) in [5, 5.41) is 1.23. The minimum Gasteiger partial charge on any atom is -0.281 e. The third-order valence-corrected chi connectivity index (χ3v) is 2.55. The lowest BCUT2D eigenvalue weighted by Gasteiger charge is -2.04. The normalized spacial score (nSPS) is 18.8. The minimum absolute atomic E-state index is 0.308. The largest absolute Gasteiger partial charge is 0.281 e. The molecule has 68 valence electrons. The van der Waals surface area contributed by atoms with E-state index in [1.807, 2.05) is 12.4 Å². The summed E-state index contributed by atoms with van der Waals surface area (Å²) < 4.78 is 0. The third-order valence-electron chi connectivity index (χ3n) is 2.55. The van der Waals surface area contributed by atoms with Crippen LogP contribution in [-0.2, 0) is 0 Å². The van der Waals surface area contributed by atoms with Gasteiger partial charge in [-0.3, -0.25) is 9.98 Å². The molecule has 0 radical (unpaired) electrons. The molecule has 1 atom stereocenters. The Balaban J connectivity index is 2.32. The van der Waals surface area contributed by atoms with E-state index >= 15 is 0 Å². The lowest BCUT2D eigenvalue weighted by molar-refractivity contribution is 1.14. The van der Waals surface area contributed by atoms with Crippen LogP contribution in [0.25, 0.3) is 10.9 Å². The van der Waals surface area contributed by atoms with Crippen molar-refractivity contribution in [2.45, 2.75) is 13.0 Å². The molecule has 1 aliphatic rings. The van der Waals surface area contributed by atoms with Crippen LogP contribution in [0.1, 0.15) is 17.2 Å². The number of fused-ring (bicyclic) bond motifs is 1. The van der Waals surface area contributed by atoms with Gasteiger partial charge < -0.3 is 0 Å². The zero-order valence-corrected chi connectivity index (χ0v) is 7.94. The number of rotatable bonds is 1. The molecule has 2 heteroatoms. The summed E-state index contributed by atoms with van der Waals surface area (Å²) in [6.45, 7) is 2.10. The molecule has 0 saturated heterocycles. The quantitative estimate of drug-likeness (QED) is 0.665. The second kappa shape index (κ2) is 2.64. The molecule has 0 spiro atoms. The SMILES string of the molecule is Cc1ccc2nccc(C3C=N3)c2c1. The summed E-state index contributed by atoms with van der Waals surface area (Å²) in [6.07, 6.45) is 3.83. The first-order chi connectivity index (χ1) is 6.84.